The van der Waals surface area contributed by atoms with Gasteiger partial charge in [0.2, 0.25) is 0 Å². The minimum Gasteiger partial charge on any atom is -0.329 e. The van der Waals surface area contributed by atoms with Crippen molar-refractivity contribution in [2.45, 2.75) is 31.7 Å². The zero-order chi connectivity index (χ0) is 13.2. The fraction of sp³-hybridized carbons (Fsp3) is 0.600. The summed E-state index contributed by atoms with van der Waals surface area (Å²) >= 11 is 0. The fourth-order valence-corrected chi connectivity index (χ4v) is 2.32. The first-order valence-electron chi connectivity index (χ1n) is 6.70. The smallest absolute Gasteiger partial charge is 0.126 e. The highest BCUT2D eigenvalue weighted by Gasteiger charge is 2.33. The predicted molar refractivity (Wildman–Crippen MR) is 72.9 cm³/mol. The lowest BCUT2D eigenvalue weighted by Gasteiger charge is -2.38. The molecule has 2 N–H and O–H groups in total. The molecule has 1 aromatic carbocycles. The Balaban J connectivity index is 2.08. The summed E-state index contributed by atoms with van der Waals surface area (Å²) in [7, 11) is 2.10. The molecule has 2 rings (SSSR count). The number of hydrogen-bond acceptors (Lipinski definition) is 2. The van der Waals surface area contributed by atoms with Crippen LogP contribution in [0.4, 0.5) is 4.39 Å². The van der Waals surface area contributed by atoms with Crippen LogP contribution in [0.1, 0.15) is 25.3 Å². The monoisotopic (exact) mass is 250 g/mol. The summed E-state index contributed by atoms with van der Waals surface area (Å²) in [6, 6.07) is 6.99. The Morgan fingerprint density at radius 2 is 2.06 bits per heavy atom. The Morgan fingerprint density at radius 1 is 1.39 bits per heavy atom. The van der Waals surface area contributed by atoms with Crippen LogP contribution in [-0.2, 0) is 6.42 Å². The molecule has 0 bridgehead atoms. The summed E-state index contributed by atoms with van der Waals surface area (Å²) < 4.78 is 13.7. The van der Waals surface area contributed by atoms with E-state index < -0.39 is 0 Å². The fourth-order valence-electron chi connectivity index (χ4n) is 2.32. The SMILES string of the molecule is CN(CC1CC1)C(C)(CN)Cc1ccccc1F. The maximum absolute atomic E-state index is 13.7. The van der Waals surface area contributed by atoms with E-state index in [1.807, 2.05) is 12.1 Å². The molecule has 1 aliphatic carbocycles. The Kier molecular flexibility index (Phi) is 4.03. The summed E-state index contributed by atoms with van der Waals surface area (Å²) in [6.45, 7) is 3.74. The Bertz CT molecular complexity index is 403. The van der Waals surface area contributed by atoms with Crippen molar-refractivity contribution >= 4 is 0 Å². The standard InChI is InChI=1S/C15H23FN2/c1-15(11-17,18(2)10-12-7-8-12)9-13-5-3-4-6-14(13)16/h3-6,12H,7-11,17H2,1-2H3. The van der Waals surface area contributed by atoms with Crippen molar-refractivity contribution in [3.63, 3.8) is 0 Å². The van der Waals surface area contributed by atoms with E-state index in [1.165, 1.54) is 18.9 Å². The van der Waals surface area contributed by atoms with E-state index in [-0.39, 0.29) is 11.4 Å². The molecule has 2 nitrogen and oxygen atoms in total. The molecule has 1 saturated carbocycles. The van der Waals surface area contributed by atoms with E-state index in [1.54, 1.807) is 6.07 Å². The molecule has 1 unspecified atom stereocenters. The quantitative estimate of drug-likeness (QED) is 0.840. The number of rotatable bonds is 6. The van der Waals surface area contributed by atoms with Gasteiger partial charge in [0.25, 0.3) is 0 Å². The summed E-state index contributed by atoms with van der Waals surface area (Å²) in [5.74, 6) is 0.693. The maximum atomic E-state index is 13.7. The number of benzene rings is 1. The maximum Gasteiger partial charge on any atom is 0.126 e. The van der Waals surface area contributed by atoms with Gasteiger partial charge in [0, 0.05) is 18.6 Å². The number of likely N-dealkylation sites (N-methyl/N-ethyl adjacent to an activating group) is 1. The lowest BCUT2D eigenvalue weighted by atomic mass is 9.90. The van der Waals surface area contributed by atoms with Crippen LogP contribution >= 0.6 is 0 Å². The van der Waals surface area contributed by atoms with E-state index in [9.17, 15) is 4.39 Å². The molecule has 1 aromatic rings. The van der Waals surface area contributed by atoms with Crippen LogP contribution in [0.25, 0.3) is 0 Å². The van der Waals surface area contributed by atoms with Crippen LogP contribution in [-0.4, -0.2) is 30.6 Å². The third-order valence-electron chi connectivity index (χ3n) is 4.12. The van der Waals surface area contributed by atoms with Crippen molar-refractivity contribution < 1.29 is 4.39 Å². The average molecular weight is 250 g/mol. The summed E-state index contributed by atoms with van der Waals surface area (Å²) in [4.78, 5) is 2.30. The van der Waals surface area contributed by atoms with Gasteiger partial charge in [-0.3, -0.25) is 4.90 Å². The van der Waals surface area contributed by atoms with Gasteiger partial charge in [-0.2, -0.15) is 0 Å². The largest absolute Gasteiger partial charge is 0.329 e. The van der Waals surface area contributed by atoms with Crippen LogP contribution in [0.2, 0.25) is 0 Å². The van der Waals surface area contributed by atoms with Gasteiger partial charge < -0.3 is 5.73 Å². The molecule has 100 valence electrons. The Labute approximate surface area is 109 Å². The number of nitrogens with two attached hydrogens (primary N) is 1. The van der Waals surface area contributed by atoms with Crippen molar-refractivity contribution in [2.24, 2.45) is 11.7 Å². The molecule has 3 heteroatoms. The van der Waals surface area contributed by atoms with Gasteiger partial charge in [-0.15, -0.1) is 0 Å². The van der Waals surface area contributed by atoms with Crippen molar-refractivity contribution in [3.05, 3.63) is 35.6 Å². The molecular weight excluding hydrogens is 227 g/mol. The van der Waals surface area contributed by atoms with Gasteiger partial charge in [0.15, 0.2) is 0 Å². The first kappa shape index (κ1) is 13.5. The molecule has 0 heterocycles. The van der Waals surface area contributed by atoms with E-state index in [4.69, 9.17) is 5.73 Å². The summed E-state index contributed by atoms with van der Waals surface area (Å²) in [5, 5.41) is 0. The number of nitrogens with zero attached hydrogens (tertiary/aromatic N) is 1. The first-order valence-corrected chi connectivity index (χ1v) is 6.70. The van der Waals surface area contributed by atoms with Crippen molar-refractivity contribution in [2.75, 3.05) is 20.1 Å². The number of hydrogen-bond donors (Lipinski definition) is 1. The molecule has 0 aliphatic heterocycles. The highest BCUT2D eigenvalue weighted by Crippen LogP contribution is 2.32. The third-order valence-corrected chi connectivity index (χ3v) is 4.12. The van der Waals surface area contributed by atoms with E-state index in [0.717, 1.165) is 18.0 Å². The highest BCUT2D eigenvalue weighted by atomic mass is 19.1. The molecule has 0 amide bonds. The van der Waals surface area contributed by atoms with Gasteiger partial charge in [0.05, 0.1) is 0 Å². The van der Waals surface area contributed by atoms with Crippen LogP contribution < -0.4 is 5.73 Å². The average Bonchev–Trinajstić information content (AvgIpc) is 3.16. The van der Waals surface area contributed by atoms with Crippen LogP contribution in [0.3, 0.4) is 0 Å². The Morgan fingerprint density at radius 3 is 2.61 bits per heavy atom. The summed E-state index contributed by atoms with van der Waals surface area (Å²) in [5.41, 5.74) is 6.53. The zero-order valence-corrected chi connectivity index (χ0v) is 11.3. The van der Waals surface area contributed by atoms with Gasteiger partial charge in [-0.25, -0.2) is 4.39 Å². The predicted octanol–water partition coefficient (Wildman–Crippen LogP) is 2.43. The molecule has 1 atom stereocenters. The normalized spacial score (nSPS) is 18.9. The summed E-state index contributed by atoms with van der Waals surface area (Å²) in [6.07, 6.45) is 3.31. The molecular formula is C15H23FN2. The van der Waals surface area contributed by atoms with Crippen molar-refractivity contribution in [3.8, 4) is 0 Å². The second kappa shape index (κ2) is 5.37. The second-order valence-corrected chi connectivity index (χ2v) is 5.79. The molecule has 0 radical (unpaired) electrons. The molecule has 0 spiro atoms. The number of halogens is 1. The van der Waals surface area contributed by atoms with Gasteiger partial charge in [-0.1, -0.05) is 18.2 Å². The zero-order valence-electron chi connectivity index (χ0n) is 11.3. The molecule has 1 fully saturated rings. The highest BCUT2D eigenvalue weighted by molar-refractivity contribution is 5.20. The van der Waals surface area contributed by atoms with Crippen molar-refractivity contribution in [1.29, 1.82) is 0 Å². The van der Waals surface area contributed by atoms with Gasteiger partial charge in [-0.05, 0) is 50.8 Å². The van der Waals surface area contributed by atoms with E-state index >= 15 is 0 Å². The van der Waals surface area contributed by atoms with Gasteiger partial charge in [0.1, 0.15) is 5.82 Å². The molecule has 1 aliphatic rings. The topological polar surface area (TPSA) is 29.3 Å². The van der Waals surface area contributed by atoms with Gasteiger partial charge >= 0.3 is 0 Å². The van der Waals surface area contributed by atoms with Crippen molar-refractivity contribution in [1.82, 2.24) is 4.90 Å². The van der Waals surface area contributed by atoms with E-state index in [2.05, 4.69) is 18.9 Å². The van der Waals surface area contributed by atoms with Crippen LogP contribution in [0.5, 0.6) is 0 Å². The second-order valence-electron chi connectivity index (χ2n) is 5.79. The molecule has 0 saturated heterocycles. The van der Waals surface area contributed by atoms with Crippen LogP contribution in [0, 0.1) is 11.7 Å². The Hall–Kier alpha value is -0.930. The minimum atomic E-state index is -0.162. The first-order chi connectivity index (χ1) is 8.55. The lowest BCUT2D eigenvalue weighted by molar-refractivity contribution is 0.137. The lowest BCUT2D eigenvalue weighted by Crippen LogP contribution is -2.52. The molecule has 0 aromatic heterocycles. The third kappa shape index (κ3) is 3.09. The minimum absolute atomic E-state index is 0.128. The molecule has 18 heavy (non-hydrogen) atoms. The van der Waals surface area contributed by atoms with E-state index in [0.29, 0.717) is 13.0 Å². The van der Waals surface area contributed by atoms with Crippen LogP contribution in [0.15, 0.2) is 24.3 Å².